The Morgan fingerprint density at radius 1 is 1.24 bits per heavy atom. The van der Waals surface area contributed by atoms with Crippen LogP contribution in [-0.4, -0.2) is 23.6 Å². The molecule has 0 saturated heterocycles. The molecule has 29 heavy (non-hydrogen) atoms. The summed E-state index contributed by atoms with van der Waals surface area (Å²) < 4.78 is 5.59. The van der Waals surface area contributed by atoms with E-state index in [1.807, 2.05) is 31.2 Å². The Balaban J connectivity index is 1.58. The summed E-state index contributed by atoms with van der Waals surface area (Å²) >= 11 is 6.11. The van der Waals surface area contributed by atoms with E-state index in [1.165, 1.54) is 24.4 Å². The molecule has 3 aromatic rings. The maximum Gasteiger partial charge on any atom is 0.270 e. The van der Waals surface area contributed by atoms with Gasteiger partial charge in [-0.2, -0.15) is 5.10 Å². The molecule has 0 radical (unpaired) electrons. The molecule has 0 bridgehead atoms. The molecular weight excluding hydrogens is 396 g/mol. The molecule has 0 fully saturated rings. The summed E-state index contributed by atoms with van der Waals surface area (Å²) in [5.74, 6) is 0.387. The van der Waals surface area contributed by atoms with Crippen LogP contribution in [0.25, 0.3) is 11.3 Å². The Kier molecular flexibility index (Phi) is 6.25. The van der Waals surface area contributed by atoms with Crippen molar-refractivity contribution in [1.82, 2.24) is 5.43 Å². The van der Waals surface area contributed by atoms with Gasteiger partial charge in [-0.15, -0.1) is 0 Å². The first-order valence-electron chi connectivity index (χ1n) is 8.59. The Morgan fingerprint density at radius 2 is 2.07 bits per heavy atom. The zero-order chi connectivity index (χ0) is 20.8. The van der Waals surface area contributed by atoms with E-state index in [9.17, 15) is 14.9 Å². The third-order valence-electron chi connectivity index (χ3n) is 3.91. The van der Waals surface area contributed by atoms with E-state index in [0.29, 0.717) is 22.1 Å². The third-order valence-corrected chi connectivity index (χ3v) is 4.23. The summed E-state index contributed by atoms with van der Waals surface area (Å²) in [6.07, 6.45) is 1.33. The molecule has 1 amide bonds. The molecule has 0 spiro atoms. The van der Waals surface area contributed by atoms with Crippen LogP contribution in [0.1, 0.15) is 11.3 Å². The van der Waals surface area contributed by atoms with E-state index in [4.69, 9.17) is 16.0 Å². The lowest BCUT2D eigenvalue weighted by Crippen LogP contribution is -2.25. The molecule has 0 unspecified atom stereocenters. The Morgan fingerprint density at radius 3 is 2.83 bits per heavy atom. The second-order valence-electron chi connectivity index (χ2n) is 6.14. The highest BCUT2D eigenvalue weighted by Crippen LogP contribution is 2.32. The van der Waals surface area contributed by atoms with E-state index in [-0.39, 0.29) is 18.1 Å². The molecule has 2 N–H and O–H groups in total. The lowest BCUT2D eigenvalue weighted by atomic mass is 10.1. The van der Waals surface area contributed by atoms with E-state index < -0.39 is 4.92 Å². The molecule has 3 rings (SSSR count). The van der Waals surface area contributed by atoms with Crippen LogP contribution in [0.4, 0.5) is 11.4 Å². The van der Waals surface area contributed by atoms with Crippen molar-refractivity contribution in [3.8, 4) is 11.3 Å². The summed E-state index contributed by atoms with van der Waals surface area (Å²) in [7, 11) is 0. The number of hydrazone groups is 1. The number of hydrogen-bond acceptors (Lipinski definition) is 6. The molecule has 148 valence electrons. The minimum Gasteiger partial charge on any atom is -0.455 e. The van der Waals surface area contributed by atoms with Gasteiger partial charge in [0.25, 0.3) is 11.6 Å². The summed E-state index contributed by atoms with van der Waals surface area (Å²) in [5.41, 5.74) is 4.63. The summed E-state index contributed by atoms with van der Waals surface area (Å²) in [6, 6.07) is 15.0. The number of carbonyl (C=O) groups is 1. The van der Waals surface area contributed by atoms with Gasteiger partial charge in [-0.25, -0.2) is 5.43 Å². The second-order valence-corrected chi connectivity index (χ2v) is 6.55. The molecule has 1 aromatic heterocycles. The predicted octanol–water partition coefficient (Wildman–Crippen LogP) is 4.38. The Labute approximate surface area is 171 Å². The van der Waals surface area contributed by atoms with E-state index >= 15 is 0 Å². The van der Waals surface area contributed by atoms with E-state index in [1.54, 1.807) is 12.1 Å². The molecular formula is C20H17ClN4O4. The fourth-order valence-corrected chi connectivity index (χ4v) is 2.74. The molecule has 0 aliphatic carbocycles. The quantitative estimate of drug-likeness (QED) is 0.340. The number of anilines is 1. The number of nitro groups is 1. The lowest BCUT2D eigenvalue weighted by Gasteiger charge is -2.05. The molecule has 1 heterocycles. The molecule has 0 saturated carbocycles. The summed E-state index contributed by atoms with van der Waals surface area (Å²) in [4.78, 5) is 22.3. The lowest BCUT2D eigenvalue weighted by molar-refractivity contribution is -0.384. The standard InChI is InChI=1S/C20H17ClN4O4/c1-13-3-2-4-14(9-13)22-12-20(26)24-23-11-16-6-8-19(29-16)17-10-15(25(27)28)5-7-18(17)21/h2-11,22H,12H2,1H3,(H,24,26). The van der Waals surface area contributed by atoms with Crippen molar-refractivity contribution in [2.45, 2.75) is 6.92 Å². The van der Waals surface area contributed by atoms with Gasteiger partial charge in [0.1, 0.15) is 11.5 Å². The second kappa shape index (κ2) is 9.03. The van der Waals surface area contributed by atoms with Gasteiger partial charge in [-0.3, -0.25) is 14.9 Å². The van der Waals surface area contributed by atoms with Crippen LogP contribution in [0.15, 0.2) is 64.1 Å². The van der Waals surface area contributed by atoms with Crippen molar-refractivity contribution in [3.63, 3.8) is 0 Å². The Bertz CT molecular complexity index is 1080. The largest absolute Gasteiger partial charge is 0.455 e. The highest BCUT2D eigenvalue weighted by Gasteiger charge is 2.14. The topological polar surface area (TPSA) is 110 Å². The van der Waals surface area contributed by atoms with Gasteiger partial charge < -0.3 is 9.73 Å². The Hall–Kier alpha value is -3.65. The van der Waals surface area contributed by atoms with Gasteiger partial charge in [0.15, 0.2) is 0 Å². The average Bonchev–Trinajstić information content (AvgIpc) is 3.15. The van der Waals surface area contributed by atoms with Crippen LogP contribution in [-0.2, 0) is 4.79 Å². The molecule has 0 aliphatic rings. The smallest absolute Gasteiger partial charge is 0.270 e. The number of hydrogen-bond donors (Lipinski definition) is 2. The highest BCUT2D eigenvalue weighted by atomic mass is 35.5. The minimum atomic E-state index is -0.508. The number of carbonyl (C=O) groups excluding carboxylic acids is 1. The van der Waals surface area contributed by atoms with Gasteiger partial charge in [-0.05, 0) is 42.8 Å². The maximum absolute atomic E-state index is 11.9. The molecule has 0 aliphatic heterocycles. The first kappa shape index (κ1) is 20.1. The first-order chi connectivity index (χ1) is 13.9. The van der Waals surface area contributed by atoms with E-state index in [0.717, 1.165) is 11.3 Å². The van der Waals surface area contributed by atoms with Crippen LogP contribution < -0.4 is 10.7 Å². The number of non-ortho nitro benzene ring substituents is 1. The van der Waals surface area contributed by atoms with Crippen LogP contribution in [0, 0.1) is 17.0 Å². The van der Waals surface area contributed by atoms with Gasteiger partial charge in [0.2, 0.25) is 0 Å². The van der Waals surface area contributed by atoms with Gasteiger partial charge in [0, 0.05) is 23.4 Å². The number of amides is 1. The van der Waals surface area contributed by atoms with Crippen LogP contribution in [0.5, 0.6) is 0 Å². The number of nitrogens with zero attached hydrogens (tertiary/aromatic N) is 2. The number of rotatable bonds is 7. The van der Waals surface area contributed by atoms with Gasteiger partial charge in [0.05, 0.1) is 22.7 Å². The summed E-state index contributed by atoms with van der Waals surface area (Å²) in [6.45, 7) is 2.03. The number of nitrogens with one attached hydrogen (secondary N) is 2. The average molecular weight is 413 g/mol. The fourth-order valence-electron chi connectivity index (χ4n) is 2.53. The number of halogens is 1. The molecule has 2 aromatic carbocycles. The first-order valence-corrected chi connectivity index (χ1v) is 8.97. The predicted molar refractivity (Wildman–Crippen MR) is 111 cm³/mol. The highest BCUT2D eigenvalue weighted by molar-refractivity contribution is 6.33. The molecule has 8 nitrogen and oxygen atoms in total. The van der Waals surface area contributed by atoms with Crippen LogP contribution >= 0.6 is 11.6 Å². The monoisotopic (exact) mass is 412 g/mol. The van der Waals surface area contributed by atoms with E-state index in [2.05, 4.69) is 15.8 Å². The molecule has 0 atom stereocenters. The SMILES string of the molecule is Cc1cccc(NCC(=O)NN=Cc2ccc(-c3cc([N+](=O)[O-])ccc3Cl)o2)c1. The van der Waals surface area contributed by atoms with Gasteiger partial charge >= 0.3 is 0 Å². The number of benzene rings is 2. The van der Waals surface area contributed by atoms with Crippen LogP contribution in [0.2, 0.25) is 5.02 Å². The van der Waals surface area contributed by atoms with Crippen molar-refractivity contribution in [1.29, 1.82) is 0 Å². The van der Waals surface area contributed by atoms with Crippen molar-refractivity contribution < 1.29 is 14.1 Å². The zero-order valence-electron chi connectivity index (χ0n) is 15.4. The van der Waals surface area contributed by atoms with Crippen molar-refractivity contribution in [2.24, 2.45) is 5.10 Å². The number of nitro benzene ring substituents is 1. The number of furan rings is 1. The molecule has 9 heteroatoms. The van der Waals surface area contributed by atoms with Gasteiger partial charge in [-0.1, -0.05) is 23.7 Å². The normalized spacial score (nSPS) is 10.8. The van der Waals surface area contributed by atoms with Crippen molar-refractivity contribution in [2.75, 3.05) is 11.9 Å². The summed E-state index contributed by atoms with van der Waals surface area (Å²) in [5, 5.41) is 18.1. The number of aryl methyl sites for hydroxylation is 1. The fraction of sp³-hybridized carbons (Fsp3) is 0.100. The van der Waals surface area contributed by atoms with Crippen molar-refractivity contribution in [3.05, 3.63) is 81.1 Å². The maximum atomic E-state index is 11.9. The third kappa shape index (κ3) is 5.43. The minimum absolute atomic E-state index is 0.0630. The van der Waals surface area contributed by atoms with Crippen LogP contribution in [0.3, 0.4) is 0 Å². The zero-order valence-corrected chi connectivity index (χ0v) is 16.1. The van der Waals surface area contributed by atoms with Crippen molar-refractivity contribution >= 4 is 35.1 Å².